The molecule has 0 aromatic carbocycles. The standard InChI is InChI=1S/C25H32O5/c1-22-7-4-16(26)10-14(22)11-17(21(28)29-3)20-18-5-8-24(9-6-19(27)30-24)23(18,2)12-15-13-25(15,20)22/h10,15,17-18,20H,4-9,11-13H2,1-3H3/t15?,17?,18?,20?,22?,23?,24-,25+/m1/s1. The van der Waals surface area contributed by atoms with Crippen molar-refractivity contribution >= 4 is 17.7 Å². The molecule has 0 aromatic rings. The lowest BCUT2D eigenvalue weighted by Crippen LogP contribution is -2.59. The fourth-order valence-corrected chi connectivity index (χ4v) is 9.53. The molecule has 5 aliphatic carbocycles. The van der Waals surface area contributed by atoms with Gasteiger partial charge in [0.1, 0.15) is 5.60 Å². The smallest absolute Gasteiger partial charge is 0.309 e. The number of hydrogen-bond acceptors (Lipinski definition) is 5. The maximum absolute atomic E-state index is 13.1. The molecule has 1 heterocycles. The number of fused-ring (bicyclic) bond motifs is 4. The predicted octanol–water partition coefficient (Wildman–Crippen LogP) is 3.99. The van der Waals surface area contributed by atoms with E-state index in [4.69, 9.17) is 9.47 Å². The predicted molar refractivity (Wildman–Crippen MR) is 108 cm³/mol. The first-order chi connectivity index (χ1) is 14.2. The third-order valence-corrected chi connectivity index (χ3v) is 10.9. The molecule has 5 nitrogen and oxygen atoms in total. The van der Waals surface area contributed by atoms with Gasteiger partial charge in [0, 0.05) is 18.3 Å². The van der Waals surface area contributed by atoms with Crippen LogP contribution >= 0.6 is 0 Å². The molecule has 2 spiro atoms. The molecular weight excluding hydrogens is 380 g/mol. The van der Waals surface area contributed by atoms with Crippen molar-refractivity contribution in [3.05, 3.63) is 11.6 Å². The first kappa shape index (κ1) is 19.1. The first-order valence-electron chi connectivity index (χ1n) is 11.7. The summed E-state index contributed by atoms with van der Waals surface area (Å²) in [6, 6.07) is 0. The van der Waals surface area contributed by atoms with Crippen LogP contribution in [0.15, 0.2) is 11.6 Å². The van der Waals surface area contributed by atoms with Gasteiger partial charge in [0.15, 0.2) is 5.78 Å². The number of allylic oxidation sites excluding steroid dienone is 1. The van der Waals surface area contributed by atoms with Crippen molar-refractivity contribution < 1.29 is 23.9 Å². The Morgan fingerprint density at radius 3 is 2.63 bits per heavy atom. The largest absolute Gasteiger partial charge is 0.469 e. The molecule has 5 fully saturated rings. The number of esters is 2. The summed E-state index contributed by atoms with van der Waals surface area (Å²) in [5.41, 5.74) is 0.877. The Bertz CT molecular complexity index is 905. The van der Waals surface area contributed by atoms with Gasteiger partial charge in [0.25, 0.3) is 0 Å². The molecule has 162 valence electrons. The van der Waals surface area contributed by atoms with Gasteiger partial charge in [-0.05, 0) is 79.6 Å². The van der Waals surface area contributed by atoms with E-state index < -0.39 is 0 Å². The quantitative estimate of drug-likeness (QED) is 0.609. The lowest BCUT2D eigenvalue weighted by atomic mass is 9.43. The highest BCUT2D eigenvalue weighted by molar-refractivity contribution is 5.92. The van der Waals surface area contributed by atoms with Crippen LogP contribution in [0.1, 0.15) is 71.6 Å². The van der Waals surface area contributed by atoms with Crippen LogP contribution in [-0.2, 0) is 23.9 Å². The summed E-state index contributed by atoms with van der Waals surface area (Å²) in [7, 11) is 1.49. The normalized spacial score (nSPS) is 53.2. The van der Waals surface area contributed by atoms with Gasteiger partial charge in [-0.1, -0.05) is 19.4 Å². The van der Waals surface area contributed by atoms with Crippen LogP contribution in [0.3, 0.4) is 0 Å². The van der Waals surface area contributed by atoms with Crippen molar-refractivity contribution in [1.82, 2.24) is 0 Å². The van der Waals surface area contributed by atoms with Crippen molar-refractivity contribution in [2.45, 2.75) is 77.2 Å². The fourth-order valence-electron chi connectivity index (χ4n) is 9.53. The molecule has 0 aromatic heterocycles. The average Bonchev–Trinajstić information content (AvgIpc) is 3.20. The SMILES string of the molecule is COC(=O)C1CC2=CC(=O)CCC2(C)[C@@]23CC2CC2(C)C(CC[C@@]24CCC(=O)O4)C13. The van der Waals surface area contributed by atoms with E-state index in [0.29, 0.717) is 31.1 Å². The molecule has 6 rings (SSSR count). The van der Waals surface area contributed by atoms with Crippen LogP contribution < -0.4 is 0 Å². The zero-order chi connectivity index (χ0) is 21.1. The lowest BCUT2D eigenvalue weighted by molar-refractivity contribution is -0.179. The minimum absolute atomic E-state index is 0.00417. The summed E-state index contributed by atoms with van der Waals surface area (Å²) < 4.78 is 11.4. The van der Waals surface area contributed by atoms with Crippen molar-refractivity contribution in [2.75, 3.05) is 7.11 Å². The molecule has 0 N–H and O–H groups in total. The zero-order valence-electron chi connectivity index (χ0n) is 18.3. The summed E-state index contributed by atoms with van der Waals surface area (Å²) in [6.07, 6.45) is 9.53. The number of rotatable bonds is 1. The van der Waals surface area contributed by atoms with Gasteiger partial charge in [-0.2, -0.15) is 0 Å². The maximum atomic E-state index is 13.1. The highest BCUT2D eigenvalue weighted by Gasteiger charge is 2.81. The summed E-state index contributed by atoms with van der Waals surface area (Å²) >= 11 is 0. The summed E-state index contributed by atoms with van der Waals surface area (Å²) in [5, 5.41) is 0. The van der Waals surface area contributed by atoms with Crippen molar-refractivity contribution in [2.24, 2.45) is 39.9 Å². The van der Waals surface area contributed by atoms with E-state index in [1.165, 1.54) is 12.7 Å². The van der Waals surface area contributed by atoms with E-state index in [-0.39, 0.29) is 51.4 Å². The third kappa shape index (κ3) is 1.94. The van der Waals surface area contributed by atoms with Crippen molar-refractivity contribution in [3.63, 3.8) is 0 Å². The Hall–Kier alpha value is -1.65. The Morgan fingerprint density at radius 1 is 1.13 bits per heavy atom. The van der Waals surface area contributed by atoms with Gasteiger partial charge < -0.3 is 9.47 Å². The summed E-state index contributed by atoms with van der Waals surface area (Å²) in [6.45, 7) is 4.71. The van der Waals surface area contributed by atoms with E-state index in [1.54, 1.807) is 0 Å². The van der Waals surface area contributed by atoms with Crippen LogP contribution in [0.4, 0.5) is 0 Å². The number of hydrogen-bond donors (Lipinski definition) is 0. The molecule has 0 bridgehead atoms. The van der Waals surface area contributed by atoms with Gasteiger partial charge >= 0.3 is 11.9 Å². The summed E-state index contributed by atoms with van der Waals surface area (Å²) in [4.78, 5) is 37.5. The van der Waals surface area contributed by atoms with E-state index >= 15 is 0 Å². The molecule has 8 atom stereocenters. The van der Waals surface area contributed by atoms with E-state index in [0.717, 1.165) is 38.5 Å². The molecule has 6 unspecified atom stereocenters. The van der Waals surface area contributed by atoms with Crippen LogP contribution in [0.5, 0.6) is 0 Å². The molecular formula is C25H32O5. The van der Waals surface area contributed by atoms with Gasteiger partial charge in [-0.15, -0.1) is 0 Å². The van der Waals surface area contributed by atoms with Crippen molar-refractivity contribution in [3.8, 4) is 0 Å². The molecule has 6 aliphatic rings. The number of methoxy groups -OCH3 is 1. The molecule has 5 heteroatoms. The molecule has 4 saturated carbocycles. The lowest BCUT2D eigenvalue weighted by Gasteiger charge is -2.61. The van der Waals surface area contributed by atoms with E-state index in [9.17, 15) is 14.4 Å². The Labute approximate surface area is 177 Å². The van der Waals surface area contributed by atoms with E-state index in [2.05, 4.69) is 13.8 Å². The molecule has 0 radical (unpaired) electrons. The molecule has 0 amide bonds. The topological polar surface area (TPSA) is 69.7 Å². The third-order valence-electron chi connectivity index (χ3n) is 10.9. The summed E-state index contributed by atoms with van der Waals surface area (Å²) in [5.74, 6) is 0.982. The van der Waals surface area contributed by atoms with E-state index in [1.807, 2.05) is 6.08 Å². The molecule has 1 aliphatic heterocycles. The van der Waals surface area contributed by atoms with Gasteiger partial charge in [0.05, 0.1) is 13.0 Å². The minimum Gasteiger partial charge on any atom is -0.469 e. The number of ether oxygens (including phenoxy) is 2. The van der Waals surface area contributed by atoms with Crippen LogP contribution in [0.25, 0.3) is 0 Å². The van der Waals surface area contributed by atoms with Crippen molar-refractivity contribution in [1.29, 1.82) is 0 Å². The second kappa shape index (κ2) is 5.58. The number of carbonyl (C=O) groups is 3. The number of carbonyl (C=O) groups excluding carboxylic acids is 3. The van der Waals surface area contributed by atoms with Gasteiger partial charge in [0.2, 0.25) is 0 Å². The maximum Gasteiger partial charge on any atom is 0.309 e. The number of ketones is 1. The Balaban J connectivity index is 1.49. The zero-order valence-corrected chi connectivity index (χ0v) is 18.3. The Kier molecular flexibility index (Phi) is 3.54. The van der Waals surface area contributed by atoms with Gasteiger partial charge in [-0.25, -0.2) is 0 Å². The Morgan fingerprint density at radius 2 is 1.93 bits per heavy atom. The fraction of sp³-hybridized carbons (Fsp3) is 0.800. The minimum atomic E-state index is -0.344. The second-order valence-electron chi connectivity index (χ2n) is 11.5. The molecule has 1 saturated heterocycles. The van der Waals surface area contributed by atoms with Gasteiger partial charge in [-0.3, -0.25) is 14.4 Å². The monoisotopic (exact) mass is 412 g/mol. The highest BCUT2D eigenvalue weighted by Crippen LogP contribution is 2.85. The van der Waals surface area contributed by atoms with Crippen LogP contribution in [-0.4, -0.2) is 30.4 Å². The average molecular weight is 413 g/mol. The highest BCUT2D eigenvalue weighted by atomic mass is 16.6. The van der Waals surface area contributed by atoms with Crippen LogP contribution in [0.2, 0.25) is 0 Å². The molecule has 30 heavy (non-hydrogen) atoms. The van der Waals surface area contributed by atoms with Crippen LogP contribution in [0, 0.1) is 39.9 Å². The first-order valence-corrected chi connectivity index (χ1v) is 11.7. The second-order valence-corrected chi connectivity index (χ2v) is 11.5.